The topological polar surface area (TPSA) is 83.6 Å². The summed E-state index contributed by atoms with van der Waals surface area (Å²) in [6.45, 7) is 6.22. The van der Waals surface area contributed by atoms with Crippen LogP contribution in [0.3, 0.4) is 0 Å². The summed E-state index contributed by atoms with van der Waals surface area (Å²) in [4.78, 5) is 25.0. The van der Waals surface area contributed by atoms with Crippen molar-refractivity contribution in [2.24, 2.45) is 0 Å². The predicted molar refractivity (Wildman–Crippen MR) is 116 cm³/mol. The summed E-state index contributed by atoms with van der Waals surface area (Å²) in [5, 5.41) is 2.84. The molecule has 0 saturated heterocycles. The highest BCUT2D eigenvalue weighted by atomic mass is 35.5. The molecule has 0 unspecified atom stereocenters. The number of sulfonamides is 1. The zero-order chi connectivity index (χ0) is 21.6. The quantitative estimate of drug-likeness (QED) is 0.541. The van der Waals surface area contributed by atoms with Gasteiger partial charge in [-0.1, -0.05) is 37.6 Å². The summed E-state index contributed by atoms with van der Waals surface area (Å²) in [5.74, 6) is -0.357. The van der Waals surface area contributed by atoms with Gasteiger partial charge in [0.1, 0.15) is 0 Å². The van der Waals surface area contributed by atoms with Gasteiger partial charge in [0, 0.05) is 25.9 Å². The Morgan fingerprint density at radius 1 is 1.07 bits per heavy atom. The van der Waals surface area contributed by atoms with Gasteiger partial charge in [-0.15, -0.1) is 11.3 Å². The van der Waals surface area contributed by atoms with Gasteiger partial charge in [-0.3, -0.25) is 9.59 Å². The molecule has 158 valence electrons. The molecule has 1 N–H and O–H groups in total. The van der Waals surface area contributed by atoms with E-state index in [1.165, 1.54) is 15.6 Å². The lowest BCUT2D eigenvalue weighted by molar-refractivity contribution is -0.121. The second kappa shape index (κ2) is 10.3. The zero-order valence-electron chi connectivity index (χ0n) is 16.6. The van der Waals surface area contributed by atoms with Crippen LogP contribution in [0.15, 0.2) is 41.3 Å². The van der Waals surface area contributed by atoms with Crippen LogP contribution in [-0.2, 0) is 14.8 Å². The van der Waals surface area contributed by atoms with Crippen molar-refractivity contribution in [1.29, 1.82) is 0 Å². The van der Waals surface area contributed by atoms with Gasteiger partial charge in [-0.05, 0) is 36.8 Å². The monoisotopic (exact) mass is 456 g/mol. The Bertz CT molecular complexity index is 951. The summed E-state index contributed by atoms with van der Waals surface area (Å²) in [5.41, 5.74) is 0.785. The third kappa shape index (κ3) is 6.12. The Balaban J connectivity index is 1.94. The predicted octanol–water partition coefficient (Wildman–Crippen LogP) is 4.27. The largest absolute Gasteiger partial charge is 0.350 e. The molecule has 0 spiro atoms. The normalized spacial score (nSPS) is 12.7. The van der Waals surface area contributed by atoms with Crippen LogP contribution in [0, 0.1) is 0 Å². The van der Waals surface area contributed by atoms with Crippen LogP contribution in [0.4, 0.5) is 0 Å². The molecular weight excluding hydrogens is 432 g/mol. The number of carbonyl (C=O) groups excluding carboxylic acids is 2. The molecule has 0 aliphatic carbocycles. The number of amides is 1. The number of halogens is 1. The van der Waals surface area contributed by atoms with Crippen molar-refractivity contribution in [3.63, 3.8) is 0 Å². The lowest BCUT2D eigenvalue weighted by atomic mass is 10.1. The Morgan fingerprint density at radius 2 is 1.69 bits per heavy atom. The maximum absolute atomic E-state index is 12.5. The van der Waals surface area contributed by atoms with E-state index in [2.05, 4.69) is 5.32 Å². The maximum Gasteiger partial charge on any atom is 0.243 e. The molecule has 1 aromatic carbocycles. The molecule has 0 fully saturated rings. The van der Waals surface area contributed by atoms with Gasteiger partial charge in [-0.2, -0.15) is 4.31 Å². The number of benzene rings is 1. The molecule has 29 heavy (non-hydrogen) atoms. The summed E-state index contributed by atoms with van der Waals surface area (Å²) >= 11 is 7.02. The molecule has 0 aliphatic heterocycles. The van der Waals surface area contributed by atoms with E-state index in [0.29, 0.717) is 22.3 Å². The molecule has 1 atom stereocenters. The fraction of sp³-hybridized carbons (Fsp3) is 0.400. The highest BCUT2D eigenvalue weighted by molar-refractivity contribution is 7.89. The second-order valence-electron chi connectivity index (χ2n) is 6.47. The SMILES string of the molecule is CCN(CC)S(=O)(=O)c1ccc([C@@H](C)NC(=O)CCC(=O)c2ccc(Cl)s2)cc1. The van der Waals surface area contributed by atoms with E-state index >= 15 is 0 Å². The number of hydrogen-bond donors (Lipinski definition) is 1. The van der Waals surface area contributed by atoms with Crippen molar-refractivity contribution in [3.05, 3.63) is 51.2 Å². The Hall–Kier alpha value is -1.74. The number of rotatable bonds is 10. The van der Waals surface area contributed by atoms with Crippen LogP contribution < -0.4 is 5.32 Å². The number of ketones is 1. The van der Waals surface area contributed by atoms with Crippen LogP contribution in [0.5, 0.6) is 0 Å². The third-order valence-corrected chi connectivity index (χ3v) is 7.86. The summed E-state index contributed by atoms with van der Waals surface area (Å²) in [6.07, 6.45) is 0.184. The number of thiophene rings is 1. The van der Waals surface area contributed by atoms with E-state index in [1.807, 2.05) is 6.92 Å². The molecule has 0 radical (unpaired) electrons. The van der Waals surface area contributed by atoms with Crippen molar-refractivity contribution >= 4 is 44.7 Å². The number of nitrogens with one attached hydrogen (secondary N) is 1. The molecular formula is C20H25ClN2O4S2. The number of Topliss-reactive ketones (excluding diaryl/α,β-unsaturated/α-hetero) is 1. The van der Waals surface area contributed by atoms with Gasteiger partial charge >= 0.3 is 0 Å². The lowest BCUT2D eigenvalue weighted by Gasteiger charge is -2.19. The van der Waals surface area contributed by atoms with Crippen LogP contribution in [0.1, 0.15) is 54.9 Å². The first-order chi connectivity index (χ1) is 13.7. The zero-order valence-corrected chi connectivity index (χ0v) is 19.0. The number of carbonyl (C=O) groups is 2. The molecule has 0 aliphatic rings. The average Bonchev–Trinajstić information content (AvgIpc) is 3.13. The molecule has 0 saturated carbocycles. The molecule has 2 rings (SSSR count). The van der Waals surface area contributed by atoms with E-state index in [-0.39, 0.29) is 35.5 Å². The van der Waals surface area contributed by atoms with Gasteiger partial charge in [0.05, 0.1) is 20.2 Å². The van der Waals surface area contributed by atoms with Crippen molar-refractivity contribution in [2.75, 3.05) is 13.1 Å². The van der Waals surface area contributed by atoms with Crippen molar-refractivity contribution in [3.8, 4) is 0 Å². The first-order valence-electron chi connectivity index (χ1n) is 9.37. The van der Waals surface area contributed by atoms with Crippen LogP contribution in [-0.4, -0.2) is 37.5 Å². The van der Waals surface area contributed by atoms with Gasteiger partial charge < -0.3 is 5.32 Å². The van der Waals surface area contributed by atoms with Crippen molar-refractivity contribution in [2.45, 2.75) is 44.6 Å². The first-order valence-corrected chi connectivity index (χ1v) is 12.0. The van der Waals surface area contributed by atoms with Crippen LogP contribution >= 0.6 is 22.9 Å². The fourth-order valence-corrected chi connectivity index (χ4v) is 5.32. The average molecular weight is 457 g/mol. The minimum Gasteiger partial charge on any atom is -0.350 e. The van der Waals surface area contributed by atoms with Crippen LogP contribution in [0.25, 0.3) is 0 Å². The van der Waals surface area contributed by atoms with E-state index in [0.717, 1.165) is 5.56 Å². The van der Waals surface area contributed by atoms with E-state index in [1.54, 1.807) is 50.2 Å². The molecule has 1 heterocycles. The molecule has 2 aromatic rings. The standard InChI is InChI=1S/C20H25ClN2O4S2/c1-4-23(5-2)29(26,27)16-8-6-15(7-9-16)14(3)22-20(25)13-10-17(24)18-11-12-19(21)28-18/h6-9,11-12,14H,4-5,10,13H2,1-3H3,(H,22,25)/t14-/m1/s1. The Kier molecular flexibility index (Phi) is 8.39. The smallest absolute Gasteiger partial charge is 0.243 e. The summed E-state index contributed by atoms with van der Waals surface area (Å²) in [6, 6.07) is 9.50. The molecule has 9 heteroatoms. The van der Waals surface area contributed by atoms with E-state index in [9.17, 15) is 18.0 Å². The minimum atomic E-state index is -3.51. The summed E-state index contributed by atoms with van der Waals surface area (Å²) < 4.78 is 27.0. The van der Waals surface area contributed by atoms with E-state index in [4.69, 9.17) is 11.6 Å². The van der Waals surface area contributed by atoms with Gasteiger partial charge in [0.25, 0.3) is 0 Å². The highest BCUT2D eigenvalue weighted by Crippen LogP contribution is 2.23. The van der Waals surface area contributed by atoms with Crippen molar-refractivity contribution < 1.29 is 18.0 Å². The number of nitrogens with zero attached hydrogens (tertiary/aromatic N) is 1. The van der Waals surface area contributed by atoms with Crippen molar-refractivity contribution in [1.82, 2.24) is 9.62 Å². The third-order valence-electron chi connectivity index (χ3n) is 4.53. The van der Waals surface area contributed by atoms with E-state index < -0.39 is 10.0 Å². The maximum atomic E-state index is 12.5. The Morgan fingerprint density at radius 3 is 2.21 bits per heavy atom. The second-order valence-corrected chi connectivity index (χ2v) is 10.1. The molecule has 1 aromatic heterocycles. The Labute approximate surface area is 180 Å². The minimum absolute atomic E-state index is 0.0765. The molecule has 6 nitrogen and oxygen atoms in total. The fourth-order valence-electron chi connectivity index (χ4n) is 2.85. The van der Waals surface area contributed by atoms with Gasteiger partial charge in [-0.25, -0.2) is 8.42 Å². The first kappa shape index (κ1) is 23.5. The number of hydrogen-bond acceptors (Lipinski definition) is 5. The van der Waals surface area contributed by atoms with Gasteiger partial charge in [0.15, 0.2) is 5.78 Å². The van der Waals surface area contributed by atoms with Crippen LogP contribution in [0.2, 0.25) is 4.34 Å². The lowest BCUT2D eigenvalue weighted by Crippen LogP contribution is -2.30. The molecule has 0 bridgehead atoms. The summed E-state index contributed by atoms with van der Waals surface area (Å²) in [7, 11) is -3.51. The molecule has 1 amide bonds. The van der Waals surface area contributed by atoms with Gasteiger partial charge in [0.2, 0.25) is 15.9 Å². The highest BCUT2D eigenvalue weighted by Gasteiger charge is 2.21.